The molecule has 0 rings (SSSR count). The minimum atomic E-state index is -6.87. The Morgan fingerprint density at radius 1 is 0.703 bits per heavy atom. The van der Waals surface area contributed by atoms with Crippen LogP contribution < -0.4 is 0 Å². The van der Waals surface area contributed by atoms with Gasteiger partial charge in [-0.1, -0.05) is 13.5 Å². The number of halogens is 14. The van der Waals surface area contributed by atoms with Crippen molar-refractivity contribution in [1.82, 2.24) is 0 Å². The fourth-order valence-corrected chi connectivity index (χ4v) is 2.16. The minimum absolute atomic E-state index is 0.421. The maximum atomic E-state index is 13.6. The van der Waals surface area contributed by atoms with E-state index < -0.39 is 91.7 Å². The summed E-state index contributed by atoms with van der Waals surface area (Å²) in [6, 6.07) is 0. The van der Waals surface area contributed by atoms with E-state index in [-0.39, 0.29) is 0 Å². The summed E-state index contributed by atoms with van der Waals surface area (Å²) in [7, 11) is 0. The Morgan fingerprint density at radius 3 is 1.51 bits per heavy atom. The second-order valence-corrected chi connectivity index (χ2v) is 7.02. The number of alkyl halides is 14. The van der Waals surface area contributed by atoms with Crippen molar-refractivity contribution in [2.24, 2.45) is 11.8 Å². The summed E-state index contributed by atoms with van der Waals surface area (Å²) in [4.78, 5) is 35.7. The minimum Gasteiger partial charge on any atom is -0.459 e. The highest BCUT2D eigenvalue weighted by Crippen LogP contribution is 2.48. The van der Waals surface area contributed by atoms with Crippen LogP contribution in [-0.2, 0) is 28.6 Å². The highest BCUT2D eigenvalue weighted by Gasteiger charge is 2.75. The molecule has 2 atom stereocenters. The normalized spacial score (nSPS) is 15.1. The molecule has 0 saturated heterocycles. The van der Waals surface area contributed by atoms with Gasteiger partial charge in [0.1, 0.15) is 5.92 Å². The van der Waals surface area contributed by atoms with Crippen molar-refractivity contribution in [3.05, 3.63) is 12.2 Å². The van der Waals surface area contributed by atoms with Crippen LogP contribution in [0.1, 0.15) is 6.92 Å². The summed E-state index contributed by atoms with van der Waals surface area (Å²) in [5.41, 5.74) is -1.58. The monoisotopic (exact) mass is 580 g/mol. The predicted molar refractivity (Wildman–Crippen MR) is 87.6 cm³/mol. The van der Waals surface area contributed by atoms with Crippen LogP contribution in [-0.4, -0.2) is 74.3 Å². The van der Waals surface area contributed by atoms with E-state index in [4.69, 9.17) is 0 Å². The number of hydrogen-bond acceptors (Lipinski definition) is 6. The van der Waals surface area contributed by atoms with Gasteiger partial charge >= 0.3 is 54.5 Å². The molecule has 20 heteroatoms. The number of ether oxygens (including phenoxy) is 3. The third-order valence-corrected chi connectivity index (χ3v) is 4.06. The zero-order valence-corrected chi connectivity index (χ0v) is 17.8. The average molecular weight is 580 g/mol. The zero-order chi connectivity index (χ0) is 29.8. The van der Waals surface area contributed by atoms with Crippen LogP contribution in [0.3, 0.4) is 0 Å². The smallest absolute Gasteiger partial charge is 0.422 e. The first kappa shape index (κ1) is 34.2. The number of hydrogen-bond donors (Lipinski definition) is 0. The fraction of sp³-hybridized carbons (Fsp3) is 0.706. The lowest BCUT2D eigenvalue weighted by Crippen LogP contribution is -2.59. The molecule has 37 heavy (non-hydrogen) atoms. The molecule has 0 heterocycles. The van der Waals surface area contributed by atoms with Crippen molar-refractivity contribution in [1.29, 1.82) is 0 Å². The summed E-state index contributed by atoms with van der Waals surface area (Å²) in [5, 5.41) is 0. The number of carbonyl (C=O) groups excluding carboxylic acids is 3. The Hall–Kier alpha value is -2.83. The van der Waals surface area contributed by atoms with Crippen LogP contribution in [0.5, 0.6) is 0 Å². The molecule has 216 valence electrons. The standard InChI is InChI=1S/C17H14F14O6/c1-6(9(32)36-4-14(22,23)24)8(7(2)10(33)37-5-15(25,26)27)11(34)35-3-13(20,21)17(30,31)16(28,29)12(18)19/h7-8,12H,1,3-5H2,2H3. The first-order chi connectivity index (χ1) is 16.3. The quantitative estimate of drug-likeness (QED) is 0.144. The predicted octanol–water partition coefficient (Wildman–Crippen LogP) is 4.72. The Labute approximate surface area is 196 Å². The Bertz CT molecular complexity index is 848. The van der Waals surface area contributed by atoms with Gasteiger partial charge in [-0.15, -0.1) is 0 Å². The highest BCUT2D eigenvalue weighted by atomic mass is 19.4. The number of rotatable bonds is 12. The van der Waals surface area contributed by atoms with E-state index in [9.17, 15) is 75.8 Å². The van der Waals surface area contributed by atoms with E-state index in [1.807, 2.05) is 0 Å². The first-order valence-electron chi connectivity index (χ1n) is 9.02. The van der Waals surface area contributed by atoms with E-state index >= 15 is 0 Å². The molecule has 0 saturated carbocycles. The highest BCUT2D eigenvalue weighted by molar-refractivity contribution is 5.97. The van der Waals surface area contributed by atoms with E-state index in [1.54, 1.807) is 0 Å². The van der Waals surface area contributed by atoms with E-state index in [2.05, 4.69) is 20.8 Å². The number of esters is 3. The van der Waals surface area contributed by atoms with Gasteiger partial charge in [0.15, 0.2) is 19.8 Å². The van der Waals surface area contributed by atoms with Crippen LogP contribution in [0.2, 0.25) is 0 Å². The van der Waals surface area contributed by atoms with Crippen molar-refractivity contribution >= 4 is 17.9 Å². The van der Waals surface area contributed by atoms with Gasteiger partial charge in [-0.2, -0.15) is 52.7 Å². The summed E-state index contributed by atoms with van der Waals surface area (Å²) < 4.78 is 188. The summed E-state index contributed by atoms with van der Waals surface area (Å²) in [5.74, 6) is -31.9. The third-order valence-electron chi connectivity index (χ3n) is 4.06. The van der Waals surface area contributed by atoms with E-state index in [0.29, 0.717) is 6.92 Å². The summed E-state index contributed by atoms with van der Waals surface area (Å²) in [6.45, 7) is -4.70. The third kappa shape index (κ3) is 9.20. The second-order valence-electron chi connectivity index (χ2n) is 7.02. The largest absolute Gasteiger partial charge is 0.459 e. The first-order valence-corrected chi connectivity index (χ1v) is 9.02. The molecule has 0 radical (unpaired) electrons. The molecule has 0 aromatic rings. The van der Waals surface area contributed by atoms with Crippen LogP contribution in [0, 0.1) is 11.8 Å². The zero-order valence-electron chi connectivity index (χ0n) is 17.8. The van der Waals surface area contributed by atoms with E-state index in [0.717, 1.165) is 0 Å². The summed E-state index contributed by atoms with van der Waals surface area (Å²) in [6.07, 6.45) is -15.7. The molecule has 0 aliphatic carbocycles. The van der Waals surface area contributed by atoms with Gasteiger partial charge in [0.2, 0.25) is 0 Å². The van der Waals surface area contributed by atoms with Crippen molar-refractivity contribution < 1.29 is 90.1 Å². The van der Waals surface area contributed by atoms with Crippen molar-refractivity contribution in [2.75, 3.05) is 19.8 Å². The van der Waals surface area contributed by atoms with E-state index in [1.165, 1.54) is 0 Å². The maximum Gasteiger partial charge on any atom is 0.422 e. The van der Waals surface area contributed by atoms with Gasteiger partial charge in [0.25, 0.3) is 0 Å². The molecule has 2 unspecified atom stereocenters. The van der Waals surface area contributed by atoms with Gasteiger partial charge < -0.3 is 14.2 Å². The van der Waals surface area contributed by atoms with Gasteiger partial charge in [0.05, 0.1) is 5.92 Å². The Kier molecular flexibility index (Phi) is 10.8. The van der Waals surface area contributed by atoms with Crippen LogP contribution in [0.15, 0.2) is 12.2 Å². The summed E-state index contributed by atoms with van der Waals surface area (Å²) >= 11 is 0. The lowest BCUT2D eigenvalue weighted by Gasteiger charge is -2.32. The topological polar surface area (TPSA) is 78.9 Å². The molecule has 0 aliphatic heterocycles. The molecule has 0 aliphatic rings. The van der Waals surface area contributed by atoms with Crippen LogP contribution >= 0.6 is 0 Å². The maximum absolute atomic E-state index is 13.6. The second kappa shape index (κ2) is 11.7. The molecule has 0 fully saturated rings. The fourth-order valence-electron chi connectivity index (χ4n) is 2.16. The van der Waals surface area contributed by atoms with Crippen molar-refractivity contribution in [3.63, 3.8) is 0 Å². The lowest BCUT2D eigenvalue weighted by molar-refractivity contribution is -0.344. The average Bonchev–Trinajstić information content (AvgIpc) is 2.72. The molecular weight excluding hydrogens is 566 g/mol. The molecule has 0 N–H and O–H groups in total. The Balaban J connectivity index is 5.97. The van der Waals surface area contributed by atoms with Gasteiger partial charge in [-0.3, -0.25) is 9.59 Å². The molecule has 0 spiro atoms. The van der Waals surface area contributed by atoms with Gasteiger partial charge in [-0.05, 0) is 0 Å². The van der Waals surface area contributed by atoms with Crippen LogP contribution in [0.4, 0.5) is 61.5 Å². The Morgan fingerprint density at radius 2 is 1.11 bits per heavy atom. The molecule has 0 aromatic heterocycles. The van der Waals surface area contributed by atoms with Gasteiger partial charge in [0, 0.05) is 5.57 Å². The molecule has 6 nitrogen and oxygen atoms in total. The molecule has 0 amide bonds. The van der Waals surface area contributed by atoms with Crippen molar-refractivity contribution in [3.8, 4) is 0 Å². The van der Waals surface area contributed by atoms with Gasteiger partial charge in [-0.25, -0.2) is 13.6 Å². The number of carbonyl (C=O) groups is 3. The SMILES string of the molecule is C=C(C(=O)OCC(F)(F)F)C(C(=O)OCC(F)(F)C(F)(F)C(F)(F)C(F)F)C(C)C(=O)OCC(F)(F)F. The molecule has 0 bridgehead atoms. The lowest BCUT2D eigenvalue weighted by atomic mass is 9.87. The molecule has 0 aromatic carbocycles. The van der Waals surface area contributed by atoms with Crippen molar-refractivity contribution in [2.45, 2.75) is 43.5 Å². The van der Waals surface area contributed by atoms with Crippen LogP contribution in [0.25, 0.3) is 0 Å². The molecular formula is C17H14F14O6.